The van der Waals surface area contributed by atoms with E-state index in [9.17, 15) is 0 Å². The Kier molecular flexibility index (Phi) is 12.4. The molecule has 0 fully saturated rings. The number of halogens is 2. The van der Waals surface area contributed by atoms with E-state index in [4.69, 9.17) is 17.0 Å². The van der Waals surface area contributed by atoms with Crippen molar-refractivity contribution < 1.29 is 20.8 Å². The quantitative estimate of drug-likeness (QED) is 0.121. The summed E-state index contributed by atoms with van der Waals surface area (Å²) in [5.41, 5.74) is 11.5. The van der Waals surface area contributed by atoms with Crippen LogP contribution in [0.25, 0.3) is 33.0 Å². The zero-order valence-electron chi connectivity index (χ0n) is 25.6. The van der Waals surface area contributed by atoms with Crippen LogP contribution < -0.4 is 10.4 Å². The van der Waals surface area contributed by atoms with Crippen molar-refractivity contribution in [1.29, 1.82) is 0 Å². The van der Waals surface area contributed by atoms with Crippen LogP contribution in [0.4, 0.5) is 0 Å². The molecule has 0 amide bonds. The first-order valence-corrected chi connectivity index (χ1v) is 22.3. The molecular formula is C38H40Cl2SiZr. The van der Waals surface area contributed by atoms with Crippen molar-refractivity contribution in [2.45, 2.75) is 72.6 Å². The summed E-state index contributed by atoms with van der Waals surface area (Å²) in [4.78, 5) is 0. The van der Waals surface area contributed by atoms with E-state index in [1.807, 2.05) is 6.07 Å². The van der Waals surface area contributed by atoms with Crippen LogP contribution in [0, 0.1) is 6.07 Å². The summed E-state index contributed by atoms with van der Waals surface area (Å²) >= 11 is -0.826. The SMILES string of the molecule is CCCc1ccc2[cH-]c(CC)cc2c1-c1cc(C(C)C)cc(C(C)C)c1.[Cl][Zr+2][Cl].[c-]1cccc2c1[Si]c1ccccc1-2. The van der Waals surface area contributed by atoms with Gasteiger partial charge in [-0.15, -0.1) is 40.1 Å². The molecule has 0 N–H and O–H groups in total. The molecule has 0 atom stereocenters. The van der Waals surface area contributed by atoms with Crippen LogP contribution in [-0.4, -0.2) is 9.52 Å². The monoisotopic (exact) mass is 684 g/mol. The predicted octanol–water partition coefficient (Wildman–Crippen LogP) is 10.5. The standard InChI is InChI=1S/C26H33.C12H7Si.2ClH.Zr/c1-7-9-20-10-11-21-12-19(8-2)13-25(21)26(20)24-15-22(17(3)4)14-23(16-24)18(5)6;1-3-7-11-9(5-1)10-6-2-4-8-12(10)13-11;;;/h10-18H,7-9H2,1-6H3;1-7H;2*1H;/q2*-1;;;+4/p-2. The maximum atomic E-state index is 4.93. The largest absolute Gasteiger partial charge is 0.184 e. The van der Waals surface area contributed by atoms with Gasteiger partial charge in [0.05, 0.1) is 9.52 Å². The molecule has 0 saturated carbocycles. The Morgan fingerprint density at radius 1 is 0.833 bits per heavy atom. The molecule has 42 heavy (non-hydrogen) atoms. The molecule has 1 aliphatic rings. The van der Waals surface area contributed by atoms with E-state index in [2.05, 4.69) is 126 Å². The average Bonchev–Trinajstić information content (AvgIpc) is 3.59. The van der Waals surface area contributed by atoms with Gasteiger partial charge in [0.1, 0.15) is 0 Å². The molecule has 1 aliphatic heterocycles. The summed E-state index contributed by atoms with van der Waals surface area (Å²) in [5.74, 6) is 1.10. The number of hydrogen-bond donors (Lipinski definition) is 0. The Morgan fingerprint density at radius 2 is 1.50 bits per heavy atom. The second kappa shape index (κ2) is 15.8. The molecule has 0 aliphatic carbocycles. The summed E-state index contributed by atoms with van der Waals surface area (Å²) in [5, 5.41) is 5.64. The first kappa shape index (κ1) is 33.1. The summed E-state index contributed by atoms with van der Waals surface area (Å²) in [7, 11) is 10.7. The molecule has 5 aromatic rings. The molecule has 1 heterocycles. The first-order chi connectivity index (χ1) is 20.3. The van der Waals surface area contributed by atoms with Crippen molar-refractivity contribution in [2.75, 3.05) is 0 Å². The Labute approximate surface area is 274 Å². The van der Waals surface area contributed by atoms with Crippen LogP contribution in [0.2, 0.25) is 0 Å². The van der Waals surface area contributed by atoms with Crippen LogP contribution in [-0.2, 0) is 33.7 Å². The van der Waals surface area contributed by atoms with Gasteiger partial charge in [0.25, 0.3) is 0 Å². The first-order valence-electron chi connectivity index (χ1n) is 15.0. The minimum Gasteiger partial charge on any atom is -0.184 e. The maximum absolute atomic E-state index is 4.93. The zero-order chi connectivity index (χ0) is 30.2. The molecule has 0 unspecified atom stereocenters. The summed E-state index contributed by atoms with van der Waals surface area (Å²) in [6.45, 7) is 13.7. The van der Waals surface area contributed by atoms with Gasteiger partial charge in [-0.05, 0) is 41.4 Å². The molecule has 6 rings (SSSR count). The maximum Gasteiger partial charge on any atom is 0.0920 e. The molecule has 0 bridgehead atoms. The number of fused-ring (bicyclic) bond motifs is 4. The molecule has 0 spiro atoms. The molecule has 4 heteroatoms. The van der Waals surface area contributed by atoms with Crippen LogP contribution in [0.15, 0.2) is 84.9 Å². The minimum atomic E-state index is -0.826. The van der Waals surface area contributed by atoms with Gasteiger partial charge in [0.15, 0.2) is 0 Å². The summed E-state index contributed by atoms with van der Waals surface area (Å²) in [6.07, 6.45) is 3.42. The van der Waals surface area contributed by atoms with Crippen molar-refractivity contribution >= 4 is 47.7 Å². The predicted molar refractivity (Wildman–Crippen MR) is 184 cm³/mol. The van der Waals surface area contributed by atoms with Crippen LogP contribution in [0.1, 0.15) is 82.1 Å². The normalized spacial score (nSPS) is 11.4. The third-order valence-electron chi connectivity index (χ3n) is 7.90. The van der Waals surface area contributed by atoms with E-state index >= 15 is 0 Å². The molecule has 0 saturated heterocycles. The molecule has 0 aromatic heterocycles. The molecule has 0 nitrogen and oxygen atoms in total. The second-order valence-electron chi connectivity index (χ2n) is 11.5. The van der Waals surface area contributed by atoms with E-state index < -0.39 is 20.8 Å². The van der Waals surface area contributed by atoms with E-state index in [0.29, 0.717) is 11.8 Å². The smallest absolute Gasteiger partial charge is 0.0920 e. The van der Waals surface area contributed by atoms with Gasteiger partial charge in [0, 0.05) is 0 Å². The number of aryl methyl sites for hydroxylation is 2. The molecule has 214 valence electrons. The number of benzene rings is 4. The molecule has 5 aromatic carbocycles. The van der Waals surface area contributed by atoms with Crippen molar-refractivity contribution in [3.05, 3.63) is 113 Å². The van der Waals surface area contributed by atoms with E-state index in [-0.39, 0.29) is 0 Å². The van der Waals surface area contributed by atoms with Crippen molar-refractivity contribution in [3.63, 3.8) is 0 Å². The van der Waals surface area contributed by atoms with Gasteiger partial charge >= 0.3 is 37.9 Å². The van der Waals surface area contributed by atoms with Gasteiger partial charge in [-0.3, -0.25) is 0 Å². The Bertz CT molecular complexity index is 1550. The van der Waals surface area contributed by atoms with Crippen LogP contribution in [0.3, 0.4) is 0 Å². The van der Waals surface area contributed by atoms with Crippen LogP contribution >= 0.6 is 17.0 Å². The molecule has 2 radical (unpaired) electrons. The fraction of sp³-hybridized carbons (Fsp3) is 0.289. The summed E-state index contributed by atoms with van der Waals surface area (Å²) in [6, 6.07) is 34.9. The van der Waals surface area contributed by atoms with Gasteiger partial charge < -0.3 is 0 Å². The van der Waals surface area contributed by atoms with Crippen molar-refractivity contribution in [2.24, 2.45) is 0 Å². The fourth-order valence-electron chi connectivity index (χ4n) is 5.63. The van der Waals surface area contributed by atoms with E-state index in [1.165, 1.54) is 72.1 Å². The van der Waals surface area contributed by atoms with Gasteiger partial charge in [-0.25, -0.2) is 0 Å². The number of hydrogen-bond acceptors (Lipinski definition) is 0. The minimum absolute atomic E-state index is 0.548. The fourth-order valence-corrected chi connectivity index (χ4v) is 6.94. The Morgan fingerprint density at radius 3 is 2.14 bits per heavy atom. The average molecular weight is 687 g/mol. The third kappa shape index (κ3) is 7.81. The van der Waals surface area contributed by atoms with Gasteiger partial charge in [0.2, 0.25) is 0 Å². The Balaban J connectivity index is 0.000000209. The topological polar surface area (TPSA) is 0 Å². The van der Waals surface area contributed by atoms with Gasteiger partial charge in [-0.1, -0.05) is 112 Å². The zero-order valence-corrected chi connectivity index (χ0v) is 30.6. The van der Waals surface area contributed by atoms with Crippen LogP contribution in [0.5, 0.6) is 0 Å². The van der Waals surface area contributed by atoms with E-state index in [1.54, 1.807) is 0 Å². The van der Waals surface area contributed by atoms with E-state index in [0.717, 1.165) is 22.4 Å². The Hall–Kier alpha value is -1.83. The molecular weight excluding hydrogens is 647 g/mol. The summed E-state index contributed by atoms with van der Waals surface area (Å²) < 4.78 is 0. The number of rotatable bonds is 6. The van der Waals surface area contributed by atoms with Gasteiger partial charge in [-0.2, -0.15) is 35.5 Å². The second-order valence-corrected chi connectivity index (χ2v) is 16.5. The third-order valence-corrected chi connectivity index (χ3v) is 9.27. The van der Waals surface area contributed by atoms with Crippen molar-refractivity contribution in [1.82, 2.24) is 0 Å². The van der Waals surface area contributed by atoms with Crippen molar-refractivity contribution in [3.8, 4) is 22.3 Å².